The number of hydrogen-bond acceptors (Lipinski definition) is 4. The largest absolute Gasteiger partial charge is 0.466 e. The molecule has 1 atom stereocenters. The van der Waals surface area contributed by atoms with Gasteiger partial charge < -0.3 is 14.6 Å². The number of allylic oxidation sites excluding steroid dienone is 1. The number of rotatable bonds is 4. The summed E-state index contributed by atoms with van der Waals surface area (Å²) in [7, 11) is 2.97. The van der Waals surface area contributed by atoms with Crippen LogP contribution in [0.1, 0.15) is 11.6 Å². The molecule has 1 aliphatic heterocycles. The third-order valence-electron chi connectivity index (χ3n) is 4.01. The van der Waals surface area contributed by atoms with Gasteiger partial charge in [0.1, 0.15) is 0 Å². The number of ether oxygens (including phenoxy) is 1. The van der Waals surface area contributed by atoms with Gasteiger partial charge in [-0.15, -0.1) is 0 Å². The molecule has 0 radical (unpaired) electrons. The van der Waals surface area contributed by atoms with Crippen LogP contribution in [0.25, 0.3) is 0 Å². The van der Waals surface area contributed by atoms with Crippen LogP contribution in [-0.2, 0) is 16.1 Å². The Labute approximate surface area is 139 Å². The van der Waals surface area contributed by atoms with E-state index in [1.54, 1.807) is 30.3 Å². The smallest absolute Gasteiger partial charge is 0.338 e. The normalized spacial score (nSPS) is 17.7. The lowest BCUT2D eigenvalue weighted by atomic mass is 9.94. The molecule has 0 saturated carbocycles. The van der Waals surface area contributed by atoms with E-state index in [9.17, 15) is 9.59 Å². The van der Waals surface area contributed by atoms with Gasteiger partial charge in [0, 0.05) is 19.4 Å². The average Bonchev–Trinajstić information content (AvgIpc) is 3.12. The number of likely N-dealkylation sites (N-methyl/N-ethyl adjacent to an activating group) is 1. The predicted molar refractivity (Wildman–Crippen MR) is 86.7 cm³/mol. The lowest BCUT2D eigenvalue weighted by Crippen LogP contribution is -2.47. The molecule has 1 unspecified atom stereocenters. The molecule has 7 nitrogen and oxygen atoms in total. The van der Waals surface area contributed by atoms with Crippen LogP contribution in [0.3, 0.4) is 0 Å². The SMILES string of the molecule is COC(=O)C1=C(Cn2ccnc2)N(C)C(=O)NC1c1ccccc1. The number of methoxy groups -OCH3 is 1. The monoisotopic (exact) mass is 326 g/mol. The molecule has 1 aliphatic rings. The van der Waals surface area contributed by atoms with Crippen LogP contribution in [0.2, 0.25) is 0 Å². The second kappa shape index (κ2) is 6.57. The first-order valence-corrected chi connectivity index (χ1v) is 7.48. The molecule has 1 N–H and O–H groups in total. The fourth-order valence-corrected chi connectivity index (χ4v) is 2.75. The van der Waals surface area contributed by atoms with Gasteiger partial charge in [0.25, 0.3) is 0 Å². The van der Waals surface area contributed by atoms with Crippen molar-refractivity contribution in [3.63, 3.8) is 0 Å². The van der Waals surface area contributed by atoms with Crippen LogP contribution in [0.5, 0.6) is 0 Å². The number of imidazole rings is 1. The van der Waals surface area contributed by atoms with E-state index < -0.39 is 12.0 Å². The van der Waals surface area contributed by atoms with E-state index in [4.69, 9.17) is 4.74 Å². The summed E-state index contributed by atoms with van der Waals surface area (Å²) < 4.78 is 6.78. The van der Waals surface area contributed by atoms with Gasteiger partial charge in [0.05, 0.1) is 37.3 Å². The van der Waals surface area contributed by atoms with Gasteiger partial charge in [-0.05, 0) is 5.56 Å². The first-order valence-electron chi connectivity index (χ1n) is 7.48. The Balaban J connectivity index is 2.12. The fraction of sp³-hybridized carbons (Fsp3) is 0.235. The third-order valence-corrected chi connectivity index (χ3v) is 4.01. The Hall–Kier alpha value is -3.09. The Morgan fingerprint density at radius 3 is 2.71 bits per heavy atom. The topological polar surface area (TPSA) is 76.5 Å². The van der Waals surface area contributed by atoms with Crippen molar-refractivity contribution in [2.75, 3.05) is 14.2 Å². The maximum atomic E-state index is 12.5. The molecular weight excluding hydrogens is 308 g/mol. The van der Waals surface area contributed by atoms with E-state index in [0.29, 0.717) is 17.8 Å². The highest BCUT2D eigenvalue weighted by Gasteiger charge is 2.36. The fourth-order valence-electron chi connectivity index (χ4n) is 2.75. The van der Waals surface area contributed by atoms with Gasteiger partial charge in [0.2, 0.25) is 0 Å². The van der Waals surface area contributed by atoms with Crippen molar-refractivity contribution in [2.24, 2.45) is 0 Å². The Bertz CT molecular complexity index is 768. The summed E-state index contributed by atoms with van der Waals surface area (Å²) in [6.07, 6.45) is 5.06. The first-order chi connectivity index (χ1) is 11.6. The summed E-state index contributed by atoms with van der Waals surface area (Å²) in [5.74, 6) is -0.467. The van der Waals surface area contributed by atoms with E-state index in [1.165, 1.54) is 12.0 Å². The predicted octanol–water partition coefficient (Wildman–Crippen LogP) is 1.71. The van der Waals surface area contributed by atoms with Crippen LogP contribution >= 0.6 is 0 Å². The van der Waals surface area contributed by atoms with Gasteiger partial charge in [-0.1, -0.05) is 30.3 Å². The van der Waals surface area contributed by atoms with Crippen LogP contribution in [0, 0.1) is 0 Å². The summed E-state index contributed by atoms with van der Waals surface area (Å²) in [6.45, 7) is 0.345. The molecule has 2 heterocycles. The first kappa shape index (κ1) is 15.8. The zero-order valence-electron chi connectivity index (χ0n) is 13.5. The third kappa shape index (κ3) is 2.88. The second-order valence-electron chi connectivity index (χ2n) is 5.44. The van der Waals surface area contributed by atoms with Crippen LogP contribution in [-0.4, -0.2) is 40.6 Å². The minimum atomic E-state index is -0.555. The van der Waals surface area contributed by atoms with E-state index in [0.717, 1.165) is 5.56 Å². The maximum Gasteiger partial charge on any atom is 0.338 e. The lowest BCUT2D eigenvalue weighted by Gasteiger charge is -2.34. The van der Waals surface area contributed by atoms with Crippen LogP contribution < -0.4 is 5.32 Å². The molecule has 3 rings (SSSR count). The molecule has 2 aromatic rings. The quantitative estimate of drug-likeness (QED) is 0.868. The molecule has 0 spiro atoms. The number of esters is 1. The Kier molecular flexibility index (Phi) is 4.33. The molecule has 0 aliphatic carbocycles. The number of nitrogens with zero attached hydrogens (tertiary/aromatic N) is 3. The van der Waals surface area contributed by atoms with Crippen molar-refractivity contribution < 1.29 is 14.3 Å². The molecule has 2 amide bonds. The van der Waals surface area contributed by atoms with Gasteiger partial charge in [-0.25, -0.2) is 14.6 Å². The highest BCUT2D eigenvalue weighted by molar-refractivity contribution is 5.95. The number of carbonyl (C=O) groups excluding carboxylic acids is 2. The van der Waals surface area contributed by atoms with Gasteiger partial charge in [-0.2, -0.15) is 0 Å². The van der Waals surface area contributed by atoms with Crippen molar-refractivity contribution in [3.8, 4) is 0 Å². The number of urea groups is 1. The van der Waals surface area contributed by atoms with Crippen molar-refractivity contribution in [2.45, 2.75) is 12.6 Å². The molecule has 7 heteroatoms. The summed E-state index contributed by atoms with van der Waals surface area (Å²) in [6, 6.07) is 8.53. The standard InChI is InChI=1S/C17H18N4O3/c1-20-13(10-21-9-8-18-11-21)14(16(22)24-2)15(19-17(20)23)12-6-4-3-5-7-12/h3-9,11,15H,10H2,1-2H3,(H,19,23). The molecule has 24 heavy (non-hydrogen) atoms. The molecule has 0 fully saturated rings. The number of hydrogen-bond donors (Lipinski definition) is 1. The van der Waals surface area contributed by atoms with Gasteiger partial charge in [-0.3, -0.25) is 4.90 Å². The van der Waals surface area contributed by atoms with E-state index in [1.807, 2.05) is 30.3 Å². The number of amides is 2. The van der Waals surface area contributed by atoms with Crippen molar-refractivity contribution in [1.29, 1.82) is 0 Å². The van der Waals surface area contributed by atoms with Crippen molar-refractivity contribution in [3.05, 3.63) is 65.9 Å². The molecule has 1 aromatic heterocycles. The number of nitrogens with one attached hydrogen (secondary N) is 1. The zero-order valence-corrected chi connectivity index (χ0v) is 13.5. The van der Waals surface area contributed by atoms with E-state index >= 15 is 0 Å². The van der Waals surface area contributed by atoms with Gasteiger partial charge in [0.15, 0.2) is 0 Å². The van der Waals surface area contributed by atoms with E-state index in [2.05, 4.69) is 10.3 Å². The summed E-state index contributed by atoms with van der Waals surface area (Å²) >= 11 is 0. The Morgan fingerprint density at radius 2 is 2.08 bits per heavy atom. The van der Waals surface area contributed by atoms with Crippen LogP contribution in [0.4, 0.5) is 4.79 Å². The van der Waals surface area contributed by atoms with Gasteiger partial charge >= 0.3 is 12.0 Å². The number of aromatic nitrogens is 2. The molecule has 0 bridgehead atoms. The van der Waals surface area contributed by atoms with Crippen molar-refractivity contribution in [1.82, 2.24) is 19.8 Å². The second-order valence-corrected chi connectivity index (χ2v) is 5.44. The number of carbonyl (C=O) groups is 2. The number of benzene rings is 1. The average molecular weight is 326 g/mol. The molecule has 124 valence electrons. The highest BCUT2D eigenvalue weighted by Crippen LogP contribution is 2.31. The minimum Gasteiger partial charge on any atom is -0.466 e. The van der Waals surface area contributed by atoms with Crippen molar-refractivity contribution >= 4 is 12.0 Å². The summed E-state index contributed by atoms with van der Waals surface area (Å²) in [5, 5.41) is 2.86. The summed E-state index contributed by atoms with van der Waals surface area (Å²) in [5.41, 5.74) is 1.82. The van der Waals surface area contributed by atoms with Crippen LogP contribution in [0.15, 0.2) is 60.3 Å². The molecule has 1 aromatic carbocycles. The Morgan fingerprint density at radius 1 is 1.33 bits per heavy atom. The van der Waals surface area contributed by atoms with E-state index in [-0.39, 0.29) is 6.03 Å². The molecular formula is C17H18N4O3. The minimum absolute atomic E-state index is 0.272. The molecule has 0 saturated heterocycles. The zero-order chi connectivity index (χ0) is 17.1. The summed E-state index contributed by atoms with van der Waals surface area (Å²) in [4.78, 5) is 30.3. The highest BCUT2D eigenvalue weighted by atomic mass is 16.5. The maximum absolute atomic E-state index is 12.5. The lowest BCUT2D eigenvalue weighted by molar-refractivity contribution is -0.136.